The number of anilines is 1. The highest BCUT2D eigenvalue weighted by Crippen LogP contribution is 2.27. The van der Waals surface area contributed by atoms with E-state index in [2.05, 4.69) is 13.8 Å². The predicted octanol–water partition coefficient (Wildman–Crippen LogP) is 1.46. The smallest absolute Gasteiger partial charge is 0.242 e. The summed E-state index contributed by atoms with van der Waals surface area (Å²) in [7, 11) is 0. The first-order valence-electron chi connectivity index (χ1n) is 8.28. The lowest BCUT2D eigenvalue weighted by Crippen LogP contribution is -2.51. The molecule has 1 aromatic rings. The molecule has 0 aliphatic carbocycles. The number of carbonyl (C=O) groups is 3. The summed E-state index contributed by atoms with van der Waals surface area (Å²) in [6.45, 7) is 7.74. The Morgan fingerprint density at radius 1 is 1.17 bits per heavy atom. The Hall–Kier alpha value is -2.37. The molecule has 2 rings (SSSR count). The lowest BCUT2D eigenvalue weighted by molar-refractivity contribution is -0.134. The summed E-state index contributed by atoms with van der Waals surface area (Å²) in [6, 6.07) is 7.69. The zero-order chi connectivity index (χ0) is 17.7. The van der Waals surface area contributed by atoms with Crippen LogP contribution < -0.4 is 4.90 Å². The topological polar surface area (TPSA) is 60.9 Å². The van der Waals surface area contributed by atoms with Crippen molar-refractivity contribution in [1.82, 2.24) is 9.80 Å². The molecule has 0 N–H and O–H groups in total. The maximum atomic E-state index is 12.6. The van der Waals surface area contributed by atoms with E-state index >= 15 is 0 Å². The van der Waals surface area contributed by atoms with E-state index in [4.69, 9.17) is 0 Å². The molecule has 1 aliphatic rings. The first-order chi connectivity index (χ1) is 11.4. The lowest BCUT2D eigenvalue weighted by atomic mass is 10.0. The van der Waals surface area contributed by atoms with Crippen molar-refractivity contribution < 1.29 is 14.4 Å². The Morgan fingerprint density at radius 2 is 1.79 bits per heavy atom. The first kappa shape index (κ1) is 18.0. The summed E-state index contributed by atoms with van der Waals surface area (Å²) in [5.41, 5.74) is 1.84. The third-order valence-corrected chi connectivity index (χ3v) is 4.34. The van der Waals surface area contributed by atoms with Gasteiger partial charge in [-0.05, 0) is 17.5 Å². The van der Waals surface area contributed by atoms with E-state index in [1.807, 2.05) is 24.3 Å². The molecule has 0 saturated carbocycles. The molecule has 0 atom stereocenters. The second kappa shape index (κ2) is 7.95. The number of nitrogens with zero attached hydrogens (tertiary/aromatic N) is 3. The second-order valence-electron chi connectivity index (χ2n) is 6.34. The highest BCUT2D eigenvalue weighted by Gasteiger charge is 2.25. The minimum absolute atomic E-state index is 0.0279. The maximum absolute atomic E-state index is 12.6. The van der Waals surface area contributed by atoms with E-state index in [9.17, 15) is 14.4 Å². The fourth-order valence-electron chi connectivity index (χ4n) is 2.90. The van der Waals surface area contributed by atoms with Gasteiger partial charge in [0.15, 0.2) is 0 Å². The Balaban J connectivity index is 2.14. The van der Waals surface area contributed by atoms with Crippen molar-refractivity contribution in [2.45, 2.75) is 26.7 Å². The Morgan fingerprint density at radius 3 is 2.33 bits per heavy atom. The molecule has 1 heterocycles. The van der Waals surface area contributed by atoms with Crippen LogP contribution in [0.3, 0.4) is 0 Å². The molecular formula is C18H25N3O3. The number of amides is 3. The summed E-state index contributed by atoms with van der Waals surface area (Å²) in [5.74, 6) is 0.0200. The van der Waals surface area contributed by atoms with Gasteiger partial charge in [-0.25, -0.2) is 0 Å². The molecule has 0 spiro atoms. The average molecular weight is 331 g/mol. The van der Waals surface area contributed by atoms with Crippen LogP contribution in [0.2, 0.25) is 0 Å². The summed E-state index contributed by atoms with van der Waals surface area (Å²) in [4.78, 5) is 40.4. The maximum Gasteiger partial charge on any atom is 0.242 e. The van der Waals surface area contributed by atoms with Gasteiger partial charge in [-0.3, -0.25) is 14.4 Å². The van der Waals surface area contributed by atoms with Gasteiger partial charge in [0.1, 0.15) is 6.54 Å². The minimum Gasteiger partial charge on any atom is -0.342 e. The fourth-order valence-corrected chi connectivity index (χ4v) is 2.90. The molecule has 0 unspecified atom stereocenters. The van der Waals surface area contributed by atoms with Crippen molar-refractivity contribution in [3.05, 3.63) is 29.8 Å². The molecule has 3 amide bonds. The van der Waals surface area contributed by atoms with Gasteiger partial charge in [0.2, 0.25) is 18.2 Å². The highest BCUT2D eigenvalue weighted by atomic mass is 16.2. The van der Waals surface area contributed by atoms with Gasteiger partial charge < -0.3 is 14.7 Å². The third kappa shape index (κ3) is 4.13. The summed E-state index contributed by atoms with van der Waals surface area (Å²) in [6.07, 6.45) is 0.808. The normalized spacial score (nSPS) is 14.7. The van der Waals surface area contributed by atoms with E-state index in [0.717, 1.165) is 17.7 Å². The third-order valence-electron chi connectivity index (χ3n) is 4.34. The molecule has 24 heavy (non-hydrogen) atoms. The van der Waals surface area contributed by atoms with Crippen LogP contribution in [0.4, 0.5) is 5.69 Å². The number of rotatable bonds is 5. The van der Waals surface area contributed by atoms with Gasteiger partial charge in [0.25, 0.3) is 0 Å². The van der Waals surface area contributed by atoms with Crippen molar-refractivity contribution in [3.63, 3.8) is 0 Å². The SMILES string of the molecule is CC(=O)N(CC(=O)N1CCN(C=O)CC1)c1ccccc1C(C)C. The van der Waals surface area contributed by atoms with Gasteiger partial charge >= 0.3 is 0 Å². The van der Waals surface area contributed by atoms with Crippen molar-refractivity contribution in [3.8, 4) is 0 Å². The van der Waals surface area contributed by atoms with Gasteiger partial charge in [-0.1, -0.05) is 32.0 Å². The van der Waals surface area contributed by atoms with Crippen molar-refractivity contribution >= 4 is 23.9 Å². The van der Waals surface area contributed by atoms with Crippen molar-refractivity contribution in [2.24, 2.45) is 0 Å². The summed E-state index contributed by atoms with van der Waals surface area (Å²) in [5, 5.41) is 0. The van der Waals surface area contributed by atoms with Gasteiger partial charge in [-0.2, -0.15) is 0 Å². The molecule has 6 nitrogen and oxygen atoms in total. The standard InChI is InChI=1S/C18H25N3O3/c1-14(2)16-6-4-5-7-17(16)21(15(3)23)12-18(24)20-10-8-19(13-22)9-11-20/h4-7,13-14H,8-12H2,1-3H3. The monoisotopic (exact) mass is 331 g/mol. The molecule has 0 radical (unpaired) electrons. The Labute approximate surface area is 143 Å². The van der Waals surface area contributed by atoms with Crippen LogP contribution in [0.15, 0.2) is 24.3 Å². The molecule has 1 saturated heterocycles. The van der Waals surface area contributed by atoms with Crippen LogP contribution in [0.25, 0.3) is 0 Å². The Kier molecular flexibility index (Phi) is 5.95. The van der Waals surface area contributed by atoms with E-state index in [1.165, 1.54) is 6.92 Å². The molecule has 6 heteroatoms. The van der Waals surface area contributed by atoms with E-state index in [1.54, 1.807) is 14.7 Å². The zero-order valence-corrected chi connectivity index (χ0v) is 14.6. The van der Waals surface area contributed by atoms with Gasteiger partial charge in [0.05, 0.1) is 0 Å². The van der Waals surface area contributed by atoms with Crippen LogP contribution in [-0.2, 0) is 14.4 Å². The zero-order valence-electron chi connectivity index (χ0n) is 14.6. The number of carbonyl (C=O) groups excluding carboxylic acids is 3. The predicted molar refractivity (Wildman–Crippen MR) is 92.8 cm³/mol. The Bertz CT molecular complexity index is 607. The highest BCUT2D eigenvalue weighted by molar-refractivity contribution is 5.98. The molecule has 0 bridgehead atoms. The van der Waals surface area contributed by atoms with Crippen LogP contribution in [0.1, 0.15) is 32.3 Å². The number of para-hydroxylation sites is 1. The molecular weight excluding hydrogens is 306 g/mol. The quantitative estimate of drug-likeness (QED) is 0.768. The van der Waals surface area contributed by atoms with Crippen LogP contribution in [0, 0.1) is 0 Å². The number of benzene rings is 1. The number of hydrogen-bond acceptors (Lipinski definition) is 3. The minimum atomic E-state index is -0.150. The van der Waals surface area contributed by atoms with Crippen LogP contribution in [-0.4, -0.2) is 60.7 Å². The van der Waals surface area contributed by atoms with Gasteiger partial charge in [0, 0.05) is 38.8 Å². The van der Waals surface area contributed by atoms with Crippen molar-refractivity contribution in [1.29, 1.82) is 0 Å². The molecule has 1 aromatic carbocycles. The number of piperazine rings is 1. The molecule has 130 valence electrons. The molecule has 1 aliphatic heterocycles. The second-order valence-corrected chi connectivity index (χ2v) is 6.34. The summed E-state index contributed by atoms with van der Waals surface area (Å²) >= 11 is 0. The van der Waals surface area contributed by atoms with Crippen LogP contribution in [0.5, 0.6) is 0 Å². The summed E-state index contributed by atoms with van der Waals surface area (Å²) < 4.78 is 0. The lowest BCUT2D eigenvalue weighted by Gasteiger charge is -2.34. The van der Waals surface area contributed by atoms with E-state index in [-0.39, 0.29) is 24.3 Å². The molecule has 1 fully saturated rings. The first-order valence-corrected chi connectivity index (χ1v) is 8.28. The van der Waals surface area contributed by atoms with E-state index in [0.29, 0.717) is 26.2 Å². The molecule has 0 aromatic heterocycles. The van der Waals surface area contributed by atoms with Gasteiger partial charge in [-0.15, -0.1) is 0 Å². The van der Waals surface area contributed by atoms with Crippen molar-refractivity contribution in [2.75, 3.05) is 37.6 Å². The average Bonchev–Trinajstić information content (AvgIpc) is 2.59. The number of hydrogen-bond donors (Lipinski definition) is 0. The fraction of sp³-hybridized carbons (Fsp3) is 0.500. The largest absolute Gasteiger partial charge is 0.342 e. The van der Waals surface area contributed by atoms with E-state index < -0.39 is 0 Å². The van der Waals surface area contributed by atoms with Crippen LogP contribution >= 0.6 is 0 Å².